The Kier molecular flexibility index (Phi) is 5.31. The molecular formula is C22H20N4O2S. The SMILES string of the molecule is CCC1=NN2C(=N)/C(=C/c3ccc(O[C@H](C)c4ccccc4)cc3)C(=O)N=C2S1. The number of hydrogen-bond acceptors (Lipinski definition) is 5. The van der Waals surface area contributed by atoms with Crippen molar-refractivity contribution in [2.24, 2.45) is 10.1 Å². The molecule has 0 saturated carbocycles. The second-order valence-electron chi connectivity index (χ2n) is 6.61. The summed E-state index contributed by atoms with van der Waals surface area (Å²) < 4.78 is 5.99. The van der Waals surface area contributed by atoms with E-state index in [0.29, 0.717) is 5.17 Å². The normalized spacial score (nSPS) is 18.4. The van der Waals surface area contributed by atoms with Crippen molar-refractivity contribution in [3.8, 4) is 5.75 Å². The highest BCUT2D eigenvalue weighted by Crippen LogP contribution is 2.29. The van der Waals surface area contributed by atoms with E-state index in [4.69, 9.17) is 10.1 Å². The molecule has 6 nitrogen and oxygen atoms in total. The summed E-state index contributed by atoms with van der Waals surface area (Å²) in [6, 6.07) is 17.4. The van der Waals surface area contributed by atoms with E-state index in [-0.39, 0.29) is 17.5 Å². The summed E-state index contributed by atoms with van der Waals surface area (Å²) in [6.07, 6.45) is 2.34. The topological polar surface area (TPSA) is 78.1 Å². The summed E-state index contributed by atoms with van der Waals surface area (Å²) in [5.41, 5.74) is 2.12. The number of carbonyl (C=O) groups excluding carboxylic acids is 1. The number of aliphatic imine (C=N–C) groups is 1. The minimum Gasteiger partial charge on any atom is -0.486 e. The molecule has 0 spiro atoms. The Morgan fingerprint density at radius 3 is 2.59 bits per heavy atom. The third-order valence-electron chi connectivity index (χ3n) is 4.57. The van der Waals surface area contributed by atoms with Crippen LogP contribution in [0.1, 0.15) is 37.5 Å². The van der Waals surface area contributed by atoms with Crippen LogP contribution in [0.15, 0.2) is 70.3 Å². The van der Waals surface area contributed by atoms with Gasteiger partial charge in [0, 0.05) is 0 Å². The monoisotopic (exact) mass is 404 g/mol. The van der Waals surface area contributed by atoms with Crippen molar-refractivity contribution >= 4 is 39.8 Å². The first-order valence-electron chi connectivity index (χ1n) is 9.36. The lowest BCUT2D eigenvalue weighted by Gasteiger charge is -2.20. The molecule has 7 heteroatoms. The lowest BCUT2D eigenvalue weighted by Crippen LogP contribution is -2.35. The van der Waals surface area contributed by atoms with Crippen LogP contribution < -0.4 is 4.74 Å². The number of benzene rings is 2. The average molecular weight is 404 g/mol. The van der Waals surface area contributed by atoms with Gasteiger partial charge in [0.05, 0.1) is 5.57 Å². The number of amidine groups is 2. The number of hydrogen-bond donors (Lipinski definition) is 1. The summed E-state index contributed by atoms with van der Waals surface area (Å²) in [6.45, 7) is 3.98. The van der Waals surface area contributed by atoms with Crippen molar-refractivity contribution in [3.63, 3.8) is 0 Å². The largest absolute Gasteiger partial charge is 0.486 e. The molecule has 1 amide bonds. The van der Waals surface area contributed by atoms with Crippen LogP contribution in [0.2, 0.25) is 0 Å². The molecule has 146 valence electrons. The number of nitrogens with one attached hydrogen (secondary N) is 1. The van der Waals surface area contributed by atoms with Crippen LogP contribution in [0.25, 0.3) is 6.08 Å². The minimum absolute atomic E-state index is 0.0500. The van der Waals surface area contributed by atoms with Crippen molar-refractivity contribution in [2.45, 2.75) is 26.4 Å². The number of amides is 1. The molecule has 1 N–H and O–H groups in total. The van der Waals surface area contributed by atoms with Crippen molar-refractivity contribution in [1.82, 2.24) is 5.01 Å². The maximum absolute atomic E-state index is 12.4. The molecule has 1 atom stereocenters. The Morgan fingerprint density at radius 1 is 1.17 bits per heavy atom. The molecule has 0 aromatic heterocycles. The molecule has 0 aliphatic carbocycles. The number of rotatable bonds is 5. The molecule has 0 radical (unpaired) electrons. The van der Waals surface area contributed by atoms with Crippen molar-refractivity contribution < 1.29 is 9.53 Å². The zero-order chi connectivity index (χ0) is 20.4. The standard InChI is InChI=1S/C22H20N4O2S/c1-3-19-25-26-20(23)18(21(27)24-22(26)29-19)13-15-9-11-17(12-10-15)28-14(2)16-7-5-4-6-8-16/h4-14,23H,3H2,1-2H3/b18-13-,23-20?/t14-/m1/s1. The first-order chi connectivity index (χ1) is 14.0. The molecule has 2 heterocycles. The van der Waals surface area contributed by atoms with E-state index in [0.717, 1.165) is 28.3 Å². The van der Waals surface area contributed by atoms with Crippen LogP contribution in [0, 0.1) is 5.41 Å². The van der Waals surface area contributed by atoms with Crippen LogP contribution in [-0.4, -0.2) is 27.0 Å². The number of hydrazone groups is 1. The van der Waals surface area contributed by atoms with E-state index in [1.165, 1.54) is 16.8 Å². The van der Waals surface area contributed by atoms with Gasteiger partial charge in [-0.25, -0.2) is 0 Å². The van der Waals surface area contributed by atoms with E-state index >= 15 is 0 Å². The summed E-state index contributed by atoms with van der Waals surface area (Å²) in [4.78, 5) is 16.5. The van der Waals surface area contributed by atoms with Crippen molar-refractivity contribution in [2.75, 3.05) is 0 Å². The highest BCUT2D eigenvalue weighted by molar-refractivity contribution is 8.26. The van der Waals surface area contributed by atoms with Gasteiger partial charge >= 0.3 is 0 Å². The molecule has 0 fully saturated rings. The zero-order valence-electron chi connectivity index (χ0n) is 16.1. The summed E-state index contributed by atoms with van der Waals surface area (Å²) in [5, 5.41) is 15.4. The summed E-state index contributed by atoms with van der Waals surface area (Å²) in [7, 11) is 0. The fourth-order valence-electron chi connectivity index (χ4n) is 2.98. The average Bonchev–Trinajstić information content (AvgIpc) is 3.16. The highest BCUT2D eigenvalue weighted by Gasteiger charge is 2.35. The van der Waals surface area contributed by atoms with Gasteiger partial charge in [-0.1, -0.05) is 49.4 Å². The molecule has 0 unspecified atom stereocenters. The highest BCUT2D eigenvalue weighted by atomic mass is 32.2. The third-order valence-corrected chi connectivity index (χ3v) is 5.62. The van der Waals surface area contributed by atoms with E-state index in [2.05, 4.69) is 10.1 Å². The van der Waals surface area contributed by atoms with Crippen LogP contribution >= 0.6 is 11.8 Å². The summed E-state index contributed by atoms with van der Waals surface area (Å²) >= 11 is 1.34. The maximum atomic E-state index is 12.4. The first-order valence-corrected chi connectivity index (χ1v) is 10.2. The van der Waals surface area contributed by atoms with Crippen LogP contribution in [-0.2, 0) is 4.79 Å². The number of thioether (sulfide) groups is 1. The zero-order valence-corrected chi connectivity index (χ0v) is 16.9. The van der Waals surface area contributed by atoms with E-state index in [9.17, 15) is 4.79 Å². The molecule has 2 aromatic rings. The second kappa shape index (κ2) is 8.05. The van der Waals surface area contributed by atoms with Gasteiger partial charge in [0.2, 0.25) is 5.17 Å². The molecule has 2 aliphatic heterocycles. The number of ether oxygens (including phenoxy) is 1. The third kappa shape index (κ3) is 4.00. The second-order valence-corrected chi connectivity index (χ2v) is 7.65. The quantitative estimate of drug-likeness (QED) is 0.722. The Labute approximate surface area is 173 Å². The van der Waals surface area contributed by atoms with E-state index in [1.54, 1.807) is 6.08 Å². The van der Waals surface area contributed by atoms with Crippen molar-refractivity contribution in [3.05, 3.63) is 71.3 Å². The molecule has 0 saturated heterocycles. The van der Waals surface area contributed by atoms with Gasteiger partial charge in [-0.2, -0.15) is 15.1 Å². The van der Waals surface area contributed by atoms with Gasteiger partial charge in [-0.15, -0.1) is 0 Å². The number of fused-ring (bicyclic) bond motifs is 1. The fraction of sp³-hybridized carbons (Fsp3) is 0.182. The van der Waals surface area contributed by atoms with Gasteiger partial charge in [-0.05, 0) is 54.4 Å². The van der Waals surface area contributed by atoms with Gasteiger partial charge in [-0.3, -0.25) is 10.2 Å². The van der Waals surface area contributed by atoms with E-state index < -0.39 is 5.91 Å². The molecule has 29 heavy (non-hydrogen) atoms. The van der Waals surface area contributed by atoms with E-state index in [1.807, 2.05) is 68.4 Å². The van der Waals surface area contributed by atoms with Crippen molar-refractivity contribution in [1.29, 1.82) is 5.41 Å². The molecule has 2 aromatic carbocycles. The Hall–Kier alpha value is -3.19. The fourth-order valence-corrected chi connectivity index (χ4v) is 3.80. The Morgan fingerprint density at radius 2 is 1.90 bits per heavy atom. The van der Waals surface area contributed by atoms with Crippen LogP contribution in [0.5, 0.6) is 5.75 Å². The summed E-state index contributed by atoms with van der Waals surface area (Å²) in [5.74, 6) is 0.371. The number of carbonyl (C=O) groups is 1. The van der Waals surface area contributed by atoms with Gasteiger partial charge in [0.25, 0.3) is 5.91 Å². The minimum atomic E-state index is -0.417. The van der Waals surface area contributed by atoms with Gasteiger partial charge in [0.1, 0.15) is 16.9 Å². The van der Waals surface area contributed by atoms with Crippen LogP contribution in [0.3, 0.4) is 0 Å². The Bertz CT molecular complexity index is 1040. The van der Waals surface area contributed by atoms with Crippen LogP contribution in [0.4, 0.5) is 0 Å². The smallest absolute Gasteiger partial charge is 0.283 e. The maximum Gasteiger partial charge on any atom is 0.283 e. The molecule has 4 rings (SSSR count). The lowest BCUT2D eigenvalue weighted by atomic mass is 10.1. The number of nitrogens with zero attached hydrogens (tertiary/aromatic N) is 3. The molecule has 0 bridgehead atoms. The Balaban J connectivity index is 1.51. The molecular weight excluding hydrogens is 384 g/mol. The predicted octanol–water partition coefficient (Wildman–Crippen LogP) is 4.86. The predicted molar refractivity (Wildman–Crippen MR) is 117 cm³/mol. The first kappa shape index (κ1) is 19.1. The van der Waals surface area contributed by atoms with Gasteiger partial charge in [0.15, 0.2) is 5.84 Å². The van der Waals surface area contributed by atoms with Gasteiger partial charge < -0.3 is 4.74 Å². The lowest BCUT2D eigenvalue weighted by molar-refractivity contribution is -0.114. The molecule has 2 aliphatic rings.